The average molecular weight is 358 g/mol. The number of rotatable bonds is 5. The summed E-state index contributed by atoms with van der Waals surface area (Å²) in [6, 6.07) is 7.69. The molecule has 0 aliphatic carbocycles. The molecule has 0 saturated heterocycles. The van der Waals surface area contributed by atoms with Crippen molar-refractivity contribution in [2.45, 2.75) is 6.92 Å². The summed E-state index contributed by atoms with van der Waals surface area (Å²) in [7, 11) is 4.70. The van der Waals surface area contributed by atoms with Crippen LogP contribution in [-0.2, 0) is 9.53 Å². The van der Waals surface area contributed by atoms with Gasteiger partial charge in [0.15, 0.2) is 0 Å². The molecule has 3 rings (SSSR count). The van der Waals surface area contributed by atoms with Crippen molar-refractivity contribution in [2.24, 2.45) is 0 Å². The van der Waals surface area contributed by atoms with E-state index in [1.807, 2.05) is 31.2 Å². The van der Waals surface area contributed by atoms with E-state index < -0.39 is 0 Å². The molecule has 8 heteroatoms. The fraction of sp³-hybridized carbons (Fsp3) is 0.235. The molecular weight excluding hydrogens is 340 g/mol. The second kappa shape index (κ2) is 6.94. The number of imidazole rings is 1. The average Bonchev–Trinajstić information content (AvgIpc) is 3.19. The summed E-state index contributed by atoms with van der Waals surface area (Å²) in [4.78, 5) is 17.3. The van der Waals surface area contributed by atoms with Crippen molar-refractivity contribution < 1.29 is 14.3 Å². The zero-order valence-corrected chi connectivity index (χ0v) is 15.2. The number of aryl methyl sites for hydroxylation is 1. The lowest BCUT2D eigenvalue weighted by Crippen LogP contribution is -2.20. The van der Waals surface area contributed by atoms with E-state index in [1.54, 1.807) is 18.7 Å². The molecular formula is C17H18N4O3S. The summed E-state index contributed by atoms with van der Waals surface area (Å²) in [5.41, 5.74) is 2.68. The number of carbonyl (C=O) groups excluding carboxylic acids is 1. The minimum atomic E-state index is -0.258. The number of nitrogens with one attached hydrogen (secondary N) is 1. The van der Waals surface area contributed by atoms with Gasteiger partial charge in [-0.15, -0.1) is 0 Å². The number of nitrogens with zero attached hydrogens (tertiary/aromatic N) is 3. The van der Waals surface area contributed by atoms with Gasteiger partial charge in [-0.1, -0.05) is 11.3 Å². The second-order valence-electron chi connectivity index (χ2n) is 5.22. The van der Waals surface area contributed by atoms with Gasteiger partial charge in [-0.25, -0.2) is 9.50 Å². The molecule has 0 aliphatic heterocycles. The van der Waals surface area contributed by atoms with Crippen molar-refractivity contribution in [3.8, 4) is 16.3 Å². The summed E-state index contributed by atoms with van der Waals surface area (Å²) < 4.78 is 11.9. The molecule has 0 bridgehead atoms. The van der Waals surface area contributed by atoms with Gasteiger partial charge in [0, 0.05) is 12.6 Å². The number of fused-ring (bicyclic) bond motifs is 1. The number of carbonyl (C=O) groups is 1. The number of amides is 1. The molecule has 0 spiro atoms. The highest BCUT2D eigenvalue weighted by molar-refractivity contribution is 7.19. The van der Waals surface area contributed by atoms with E-state index in [0.717, 1.165) is 22.0 Å². The number of hydrogen-bond donors (Lipinski definition) is 1. The zero-order chi connectivity index (χ0) is 18.0. The quantitative estimate of drug-likeness (QED) is 0.560. The molecule has 0 fully saturated rings. The van der Waals surface area contributed by atoms with Crippen LogP contribution in [0.1, 0.15) is 11.4 Å². The molecule has 0 aliphatic rings. The van der Waals surface area contributed by atoms with Gasteiger partial charge in [-0.05, 0) is 31.2 Å². The predicted molar refractivity (Wildman–Crippen MR) is 96.6 cm³/mol. The van der Waals surface area contributed by atoms with Gasteiger partial charge < -0.3 is 14.8 Å². The highest BCUT2D eigenvalue weighted by Gasteiger charge is 2.21. The van der Waals surface area contributed by atoms with Gasteiger partial charge in [0.05, 0.1) is 26.2 Å². The van der Waals surface area contributed by atoms with E-state index >= 15 is 0 Å². The van der Waals surface area contributed by atoms with Crippen molar-refractivity contribution in [2.75, 3.05) is 21.3 Å². The monoisotopic (exact) mass is 358 g/mol. The van der Waals surface area contributed by atoms with Crippen molar-refractivity contribution in [3.63, 3.8) is 0 Å². The lowest BCUT2D eigenvalue weighted by atomic mass is 10.1. The number of likely N-dealkylation sites (N-methyl/N-ethyl adjacent to an activating group) is 1. The summed E-state index contributed by atoms with van der Waals surface area (Å²) in [6.07, 6.45) is 1.39. The highest BCUT2D eigenvalue weighted by atomic mass is 32.1. The molecule has 7 nitrogen and oxygen atoms in total. The van der Waals surface area contributed by atoms with Gasteiger partial charge in [0.25, 0.3) is 5.91 Å². The Labute approximate surface area is 148 Å². The fourth-order valence-corrected chi connectivity index (χ4v) is 3.37. The number of benzene rings is 1. The molecule has 0 radical (unpaired) electrons. The van der Waals surface area contributed by atoms with E-state index in [0.29, 0.717) is 16.2 Å². The van der Waals surface area contributed by atoms with Crippen LogP contribution in [0.5, 0.6) is 5.75 Å². The smallest absolute Gasteiger partial charge is 0.256 e. The van der Waals surface area contributed by atoms with Crippen molar-refractivity contribution in [3.05, 3.63) is 41.9 Å². The van der Waals surface area contributed by atoms with E-state index in [4.69, 9.17) is 9.47 Å². The van der Waals surface area contributed by atoms with Crippen molar-refractivity contribution in [1.29, 1.82) is 0 Å². The molecule has 0 unspecified atom stereocenters. The van der Waals surface area contributed by atoms with E-state index in [2.05, 4.69) is 15.4 Å². The molecule has 3 aromatic rings. The molecule has 1 N–H and O–H groups in total. The third kappa shape index (κ3) is 3.08. The highest BCUT2D eigenvalue weighted by Crippen LogP contribution is 2.30. The van der Waals surface area contributed by atoms with E-state index in [-0.39, 0.29) is 5.91 Å². The summed E-state index contributed by atoms with van der Waals surface area (Å²) in [6.45, 7) is 1.87. The van der Waals surface area contributed by atoms with E-state index in [9.17, 15) is 4.79 Å². The van der Waals surface area contributed by atoms with Gasteiger partial charge in [0.2, 0.25) is 4.96 Å². The van der Waals surface area contributed by atoms with Gasteiger partial charge in [-0.2, -0.15) is 5.10 Å². The Balaban J connectivity index is 2.03. The Morgan fingerprint density at radius 3 is 2.56 bits per heavy atom. The Kier molecular flexibility index (Phi) is 4.71. The van der Waals surface area contributed by atoms with E-state index in [1.165, 1.54) is 24.7 Å². The first kappa shape index (κ1) is 17.0. The van der Waals surface area contributed by atoms with Crippen LogP contribution >= 0.6 is 11.3 Å². The van der Waals surface area contributed by atoms with Crippen LogP contribution < -0.4 is 10.1 Å². The number of methoxy groups -OCH3 is 2. The summed E-state index contributed by atoms with van der Waals surface area (Å²) >= 11 is 1.45. The Hall–Kier alpha value is -2.87. The second-order valence-corrected chi connectivity index (χ2v) is 6.18. The topological polar surface area (TPSA) is 77.8 Å². The van der Waals surface area contributed by atoms with Crippen LogP contribution in [0.3, 0.4) is 0 Å². The zero-order valence-electron chi connectivity index (χ0n) is 14.4. The Morgan fingerprint density at radius 1 is 1.28 bits per heavy atom. The maximum atomic E-state index is 12.1. The lowest BCUT2D eigenvalue weighted by molar-refractivity contribution is -0.115. The molecule has 2 heterocycles. The first-order valence-corrected chi connectivity index (χ1v) is 8.36. The largest absolute Gasteiger partial charge is 0.503 e. The molecule has 25 heavy (non-hydrogen) atoms. The molecule has 1 amide bonds. The van der Waals surface area contributed by atoms with Crippen LogP contribution in [0.15, 0.2) is 30.5 Å². The molecule has 1 aromatic carbocycles. The minimum absolute atomic E-state index is 0.258. The van der Waals surface area contributed by atoms with Crippen LogP contribution in [-0.4, -0.2) is 41.8 Å². The predicted octanol–water partition coefficient (Wildman–Crippen LogP) is 2.51. The maximum absolute atomic E-state index is 12.1. The SMILES string of the molecule is CNC(=O)C(=COC)c1nc2sc(-c3ccc(OC)cc3)nn2c1C. The molecule has 0 saturated carbocycles. The van der Waals surface area contributed by atoms with Gasteiger partial charge in [-0.3, -0.25) is 4.79 Å². The Morgan fingerprint density at radius 2 is 2.00 bits per heavy atom. The van der Waals surface area contributed by atoms with Crippen LogP contribution in [0.4, 0.5) is 0 Å². The normalized spacial score (nSPS) is 11.6. The third-order valence-corrected chi connectivity index (χ3v) is 4.68. The molecule has 0 atom stereocenters. The van der Waals surface area contributed by atoms with Gasteiger partial charge in [0.1, 0.15) is 22.0 Å². The maximum Gasteiger partial charge on any atom is 0.256 e. The standard InChI is InChI=1S/C17H18N4O3S/c1-10-14(13(9-23-3)15(22)18-2)19-17-21(10)20-16(25-17)11-5-7-12(24-4)8-6-11/h5-9H,1-4H3,(H,18,22). The lowest BCUT2D eigenvalue weighted by Gasteiger charge is -2.04. The molecule has 2 aromatic heterocycles. The Bertz CT molecular complexity index is 941. The molecule has 130 valence electrons. The number of ether oxygens (including phenoxy) is 2. The third-order valence-electron chi connectivity index (χ3n) is 3.73. The first-order chi connectivity index (χ1) is 12.1. The number of hydrogen-bond acceptors (Lipinski definition) is 6. The fourth-order valence-electron chi connectivity index (χ4n) is 2.42. The van der Waals surface area contributed by atoms with Crippen LogP contribution in [0.25, 0.3) is 21.1 Å². The van der Waals surface area contributed by atoms with Crippen LogP contribution in [0, 0.1) is 6.92 Å². The summed E-state index contributed by atoms with van der Waals surface area (Å²) in [5, 5.41) is 8.06. The minimum Gasteiger partial charge on any atom is -0.503 e. The van der Waals surface area contributed by atoms with Crippen molar-refractivity contribution in [1.82, 2.24) is 19.9 Å². The summed E-state index contributed by atoms with van der Waals surface area (Å²) in [5.74, 6) is 0.537. The first-order valence-electron chi connectivity index (χ1n) is 7.55. The van der Waals surface area contributed by atoms with Gasteiger partial charge >= 0.3 is 0 Å². The van der Waals surface area contributed by atoms with Crippen LogP contribution in [0.2, 0.25) is 0 Å². The van der Waals surface area contributed by atoms with Crippen molar-refractivity contribution >= 4 is 27.8 Å². The number of aromatic nitrogens is 3.